The fourth-order valence-corrected chi connectivity index (χ4v) is 6.59. The van der Waals surface area contributed by atoms with E-state index in [1.54, 1.807) is 0 Å². The van der Waals surface area contributed by atoms with E-state index in [4.69, 9.17) is 79.1 Å². The molecule has 3 aromatic carbocycles. The Balaban J connectivity index is 1.60. The third kappa shape index (κ3) is 8.95. The first-order chi connectivity index (χ1) is 22.9. The summed E-state index contributed by atoms with van der Waals surface area (Å²) in [4.78, 5) is 53.0. The molecule has 0 bridgehead atoms. The molecule has 3 aromatic rings. The molecule has 0 aliphatic heterocycles. The molecular weight excluding hydrogens is 783 g/mol. The van der Waals surface area contributed by atoms with Crippen LogP contribution in [-0.4, -0.2) is 39.4 Å². The van der Waals surface area contributed by atoms with Crippen molar-refractivity contribution < 1.29 is 37.4 Å². The number of hydrogen-bond acceptors (Lipinski definition) is 6. The largest absolute Gasteiger partial charge is 0.443 e. The molecule has 1 saturated carbocycles. The van der Waals surface area contributed by atoms with Gasteiger partial charge in [0.1, 0.15) is 21.2 Å². The number of rotatable bonds is 7. The van der Waals surface area contributed by atoms with Crippen molar-refractivity contribution in [2.24, 2.45) is 5.92 Å². The number of benzene rings is 3. The number of ether oxygens (including phenoxy) is 2. The van der Waals surface area contributed by atoms with Gasteiger partial charge in [0.2, 0.25) is 5.91 Å². The van der Waals surface area contributed by atoms with Crippen LogP contribution in [0.5, 0.6) is 0 Å². The van der Waals surface area contributed by atoms with E-state index < -0.39 is 75.0 Å². The number of nitrogens with one attached hydrogen (secondary N) is 1. The summed E-state index contributed by atoms with van der Waals surface area (Å²) in [6.07, 6.45) is -3.50. The zero-order valence-electron chi connectivity index (χ0n) is 27.3. The number of halogens is 8. The second kappa shape index (κ2) is 14.6. The predicted molar refractivity (Wildman–Crippen MR) is 192 cm³/mol. The molecule has 16 heteroatoms. The molecule has 0 aromatic heterocycles. The second-order valence-corrected chi connectivity index (χ2v) is 16.4. The van der Waals surface area contributed by atoms with Gasteiger partial charge in [-0.15, -0.1) is 23.2 Å². The van der Waals surface area contributed by atoms with Crippen molar-refractivity contribution in [1.29, 1.82) is 0 Å². The summed E-state index contributed by atoms with van der Waals surface area (Å²) >= 11 is 37.6. The molecule has 1 fully saturated rings. The minimum atomic E-state index is -1.51. The van der Waals surface area contributed by atoms with Crippen LogP contribution in [0.4, 0.5) is 29.7 Å². The number of carbonyl (C=O) groups excluding carboxylic acids is 4. The quantitative estimate of drug-likeness (QED) is 0.145. The van der Waals surface area contributed by atoms with E-state index in [2.05, 4.69) is 5.32 Å². The van der Waals surface area contributed by atoms with Gasteiger partial charge in [0, 0.05) is 23.6 Å². The molecule has 1 N–H and O–H groups in total. The van der Waals surface area contributed by atoms with E-state index in [9.17, 15) is 19.2 Å². The highest BCUT2D eigenvalue weighted by Gasteiger charge is 2.67. The highest BCUT2D eigenvalue weighted by Crippen LogP contribution is 2.65. The lowest BCUT2D eigenvalue weighted by molar-refractivity contribution is -0.117. The molecule has 0 spiro atoms. The number of hydrogen-bond donors (Lipinski definition) is 1. The number of amides is 3. The lowest BCUT2D eigenvalue weighted by atomic mass is 10.0. The Kier molecular flexibility index (Phi) is 11.7. The molecule has 1 aliphatic rings. The number of alkyl halides is 2. The van der Waals surface area contributed by atoms with Gasteiger partial charge < -0.3 is 14.8 Å². The average molecular weight is 813 g/mol. The lowest BCUT2D eigenvalue weighted by Crippen LogP contribution is -2.44. The monoisotopic (exact) mass is 810 g/mol. The summed E-state index contributed by atoms with van der Waals surface area (Å²) in [7, 11) is 0. The number of ketones is 1. The molecule has 4 rings (SSSR count). The zero-order chi connectivity index (χ0) is 37.7. The topological polar surface area (TPSA) is 102 Å². The first kappa shape index (κ1) is 39.9. The van der Waals surface area contributed by atoms with E-state index in [1.807, 2.05) is 0 Å². The SMILES string of the molecule is CC(C)(C)OC(=O)N(C(=O)OC(C)(C)C)c1c(F)ccc(CC(=O)c2cc(NC(=O)[C@H]3[C@H](c4cc(Cl)c(Cl)c(Cl)c4)C3(Cl)Cl)ccc2Cl)c1F. The fraction of sp³-hybridized carbons (Fsp3) is 0.353. The summed E-state index contributed by atoms with van der Waals surface area (Å²) in [5.74, 6) is -5.67. The summed E-state index contributed by atoms with van der Waals surface area (Å²) in [6, 6.07) is 8.80. The Hall–Kier alpha value is -2.86. The normalized spacial score (nSPS) is 16.8. The molecule has 2 atom stereocenters. The van der Waals surface area contributed by atoms with Crippen LogP contribution in [0, 0.1) is 17.6 Å². The molecule has 268 valence electrons. The molecule has 0 radical (unpaired) electrons. The van der Waals surface area contributed by atoms with Crippen LogP contribution in [-0.2, 0) is 20.7 Å². The zero-order valence-corrected chi connectivity index (χ0v) is 31.9. The number of nitrogens with zero attached hydrogens (tertiary/aromatic N) is 1. The predicted octanol–water partition coefficient (Wildman–Crippen LogP) is 11.2. The van der Waals surface area contributed by atoms with E-state index in [0.29, 0.717) is 5.56 Å². The van der Waals surface area contributed by atoms with Crippen LogP contribution < -0.4 is 10.2 Å². The molecule has 0 unspecified atom stereocenters. The van der Waals surface area contributed by atoms with Crippen molar-refractivity contribution >= 4 is 105 Å². The first-order valence-electron chi connectivity index (χ1n) is 14.8. The summed E-state index contributed by atoms with van der Waals surface area (Å²) in [5, 5.41) is 3.04. The van der Waals surface area contributed by atoms with E-state index in [-0.39, 0.29) is 41.8 Å². The Bertz CT molecular complexity index is 1840. The highest BCUT2D eigenvalue weighted by atomic mass is 35.5. The minimum absolute atomic E-state index is 0.0429. The maximum Gasteiger partial charge on any atom is 0.424 e. The third-order valence-electron chi connectivity index (χ3n) is 7.11. The van der Waals surface area contributed by atoms with Crippen LogP contribution in [0.25, 0.3) is 0 Å². The van der Waals surface area contributed by atoms with Gasteiger partial charge >= 0.3 is 12.2 Å². The number of Topliss-reactive ketones (excluding diaryl/α,β-unsaturated/α-hetero) is 1. The molecular formula is C34H30Cl6F2N2O6. The molecule has 3 amide bonds. The molecule has 50 heavy (non-hydrogen) atoms. The Morgan fingerprint density at radius 2 is 1.36 bits per heavy atom. The van der Waals surface area contributed by atoms with Crippen molar-refractivity contribution in [3.05, 3.63) is 90.9 Å². The van der Waals surface area contributed by atoms with Gasteiger partial charge in [0.05, 0.1) is 26.0 Å². The van der Waals surface area contributed by atoms with Crippen LogP contribution in [0.2, 0.25) is 20.1 Å². The van der Waals surface area contributed by atoms with E-state index >= 15 is 8.78 Å². The molecule has 8 nitrogen and oxygen atoms in total. The second-order valence-electron chi connectivity index (χ2n) is 13.4. The average Bonchev–Trinajstić information content (AvgIpc) is 3.55. The number of carbonyl (C=O) groups is 4. The van der Waals surface area contributed by atoms with Crippen molar-refractivity contribution in [1.82, 2.24) is 0 Å². The Labute approximate surface area is 317 Å². The third-order valence-corrected chi connectivity index (χ3v) is 9.58. The van der Waals surface area contributed by atoms with E-state index in [0.717, 1.165) is 12.1 Å². The van der Waals surface area contributed by atoms with E-state index in [1.165, 1.54) is 71.9 Å². The van der Waals surface area contributed by atoms with Gasteiger partial charge in [-0.2, -0.15) is 4.90 Å². The summed E-state index contributed by atoms with van der Waals surface area (Å²) in [6.45, 7) is 8.98. The first-order valence-corrected chi connectivity index (χ1v) is 17.1. The Morgan fingerprint density at radius 3 is 1.88 bits per heavy atom. The Morgan fingerprint density at radius 1 is 0.820 bits per heavy atom. The van der Waals surface area contributed by atoms with Crippen LogP contribution in [0.3, 0.4) is 0 Å². The van der Waals surface area contributed by atoms with Gasteiger partial charge in [-0.3, -0.25) is 9.59 Å². The smallest absolute Gasteiger partial charge is 0.424 e. The van der Waals surface area contributed by atoms with Crippen LogP contribution >= 0.6 is 69.6 Å². The van der Waals surface area contributed by atoms with Crippen molar-refractivity contribution in [2.75, 3.05) is 10.2 Å². The van der Waals surface area contributed by atoms with Gasteiger partial charge in [-0.05, 0) is 89.1 Å². The minimum Gasteiger partial charge on any atom is -0.443 e. The molecule has 0 heterocycles. The highest BCUT2D eigenvalue weighted by molar-refractivity contribution is 6.54. The fourth-order valence-electron chi connectivity index (χ4n) is 4.92. The van der Waals surface area contributed by atoms with Crippen LogP contribution in [0.1, 0.15) is 68.9 Å². The van der Waals surface area contributed by atoms with Gasteiger partial charge in [-0.1, -0.05) is 52.5 Å². The van der Waals surface area contributed by atoms with Crippen molar-refractivity contribution in [2.45, 2.75) is 69.4 Å². The maximum atomic E-state index is 16.0. The number of anilines is 2. The van der Waals surface area contributed by atoms with Crippen molar-refractivity contribution in [3.63, 3.8) is 0 Å². The lowest BCUT2D eigenvalue weighted by Gasteiger charge is -2.29. The van der Waals surface area contributed by atoms with Gasteiger partial charge in [-0.25, -0.2) is 18.4 Å². The number of imide groups is 1. The standard InChI is InChI=1S/C34H30Cl6F2N2O6/c1-32(2,3)49-30(47)44(31(48)50-33(4,5)6)28-22(41)10-7-15(27(28)42)13-23(45)18-14-17(8-9-19(18)35)43-29(46)25-24(34(25,39)40)16-11-20(36)26(38)21(37)12-16/h7-12,14,24-25H,13H2,1-6H3,(H,43,46)/t24-,25+/m0/s1. The maximum absolute atomic E-state index is 16.0. The van der Waals surface area contributed by atoms with Crippen LogP contribution in [0.15, 0.2) is 42.5 Å². The summed E-state index contributed by atoms with van der Waals surface area (Å²) < 4.78 is 40.2. The van der Waals surface area contributed by atoms with Crippen molar-refractivity contribution in [3.8, 4) is 0 Å². The van der Waals surface area contributed by atoms with Gasteiger partial charge in [0.15, 0.2) is 17.4 Å². The molecule has 0 saturated heterocycles. The summed E-state index contributed by atoms with van der Waals surface area (Å²) in [5.41, 5.74) is -3.30. The van der Waals surface area contributed by atoms with Gasteiger partial charge in [0.25, 0.3) is 0 Å². The molecule has 1 aliphatic carbocycles.